The van der Waals surface area contributed by atoms with Gasteiger partial charge in [-0.25, -0.2) is 0 Å². The number of amides is 2. The van der Waals surface area contributed by atoms with Crippen LogP contribution >= 0.6 is 0 Å². The molecule has 2 aliphatic rings. The van der Waals surface area contributed by atoms with Crippen molar-refractivity contribution in [1.82, 2.24) is 24.7 Å². The smallest absolute Gasteiger partial charge is 0.256 e. The molecule has 1 atom stereocenters. The van der Waals surface area contributed by atoms with E-state index in [1.165, 1.54) is 0 Å². The van der Waals surface area contributed by atoms with E-state index in [0.717, 1.165) is 31.4 Å². The van der Waals surface area contributed by atoms with Crippen molar-refractivity contribution in [2.45, 2.75) is 24.8 Å². The second kappa shape index (κ2) is 6.88. The fourth-order valence-electron chi connectivity index (χ4n) is 4.27. The summed E-state index contributed by atoms with van der Waals surface area (Å²) in [5.41, 5.74) is 1.83. The molecule has 0 radical (unpaired) electrons. The van der Waals surface area contributed by atoms with E-state index >= 15 is 0 Å². The number of piperazine rings is 1. The zero-order chi connectivity index (χ0) is 19.0. The van der Waals surface area contributed by atoms with Gasteiger partial charge in [-0.05, 0) is 32.0 Å². The van der Waals surface area contributed by atoms with Crippen LogP contribution in [0.4, 0.5) is 0 Å². The molecule has 0 bridgehead atoms. The number of aromatic nitrogens is 2. The van der Waals surface area contributed by atoms with Gasteiger partial charge in [0, 0.05) is 57.6 Å². The highest BCUT2D eigenvalue weighted by Gasteiger charge is 2.43. The van der Waals surface area contributed by atoms with Crippen LogP contribution in [0, 0.1) is 0 Å². The highest BCUT2D eigenvalue weighted by molar-refractivity contribution is 6.04. The van der Waals surface area contributed by atoms with E-state index in [-0.39, 0.29) is 17.4 Å². The quantitative estimate of drug-likeness (QED) is 0.762. The van der Waals surface area contributed by atoms with Crippen LogP contribution < -0.4 is 0 Å². The number of likely N-dealkylation sites (N-methyl/N-ethyl adjacent to an activating group) is 1. The molecule has 2 saturated heterocycles. The lowest BCUT2D eigenvalue weighted by atomic mass is 9.86. The minimum absolute atomic E-state index is 0.00231. The second-order valence-corrected chi connectivity index (χ2v) is 7.67. The third kappa shape index (κ3) is 3.16. The maximum Gasteiger partial charge on any atom is 0.256 e. The number of hydrogen-bond donors (Lipinski definition) is 0. The molecule has 1 aromatic carbocycles. The first-order valence-electron chi connectivity index (χ1n) is 9.44. The summed E-state index contributed by atoms with van der Waals surface area (Å²) in [6, 6.07) is 5.56. The molecule has 2 amide bonds. The Hall–Kier alpha value is -2.54. The van der Waals surface area contributed by atoms with E-state index in [0.29, 0.717) is 30.6 Å². The van der Waals surface area contributed by atoms with Crippen LogP contribution in [-0.4, -0.2) is 82.3 Å². The summed E-state index contributed by atoms with van der Waals surface area (Å²) in [6.07, 6.45) is 5.46. The van der Waals surface area contributed by atoms with E-state index in [2.05, 4.69) is 21.9 Å². The normalized spacial score (nSPS) is 24.4. The van der Waals surface area contributed by atoms with E-state index in [4.69, 9.17) is 0 Å². The van der Waals surface area contributed by atoms with E-state index < -0.39 is 0 Å². The number of carbonyl (C=O) groups is 2. The van der Waals surface area contributed by atoms with Gasteiger partial charge in [0.15, 0.2) is 0 Å². The number of carbonyl (C=O) groups excluding carboxylic acids is 2. The maximum atomic E-state index is 13.3. The van der Waals surface area contributed by atoms with Gasteiger partial charge in [-0.3, -0.25) is 24.5 Å². The maximum absolute atomic E-state index is 13.3. The van der Waals surface area contributed by atoms with Crippen molar-refractivity contribution in [3.63, 3.8) is 0 Å². The van der Waals surface area contributed by atoms with Crippen molar-refractivity contribution >= 4 is 22.8 Å². The highest BCUT2D eigenvalue weighted by Crippen LogP contribution is 2.32. The van der Waals surface area contributed by atoms with Gasteiger partial charge in [-0.1, -0.05) is 6.07 Å². The zero-order valence-electron chi connectivity index (χ0n) is 15.9. The average Bonchev–Trinajstić information content (AvgIpc) is 2.84. The van der Waals surface area contributed by atoms with Gasteiger partial charge in [-0.2, -0.15) is 0 Å². The Morgan fingerprint density at radius 2 is 1.89 bits per heavy atom. The van der Waals surface area contributed by atoms with Crippen molar-refractivity contribution in [3.05, 3.63) is 36.2 Å². The third-order valence-electron chi connectivity index (χ3n) is 6.16. The van der Waals surface area contributed by atoms with Crippen LogP contribution in [0.3, 0.4) is 0 Å². The first-order chi connectivity index (χ1) is 13.0. The number of likely N-dealkylation sites (tertiary alicyclic amines) is 1. The number of para-hydroxylation sites is 1. The summed E-state index contributed by atoms with van der Waals surface area (Å²) in [5.74, 6) is 0.186. The van der Waals surface area contributed by atoms with Gasteiger partial charge in [-0.15, -0.1) is 0 Å². The number of fused-ring (bicyclic) bond motifs is 1. The fourth-order valence-corrected chi connectivity index (χ4v) is 4.27. The Balaban J connectivity index is 1.62. The van der Waals surface area contributed by atoms with E-state index in [9.17, 15) is 9.59 Å². The predicted octanol–water partition coefficient (Wildman–Crippen LogP) is 1.40. The number of benzene rings is 1. The van der Waals surface area contributed by atoms with Gasteiger partial charge in [0.05, 0.1) is 11.1 Å². The molecule has 7 heteroatoms. The Morgan fingerprint density at radius 1 is 1.07 bits per heavy atom. The van der Waals surface area contributed by atoms with Crippen LogP contribution in [0.1, 0.15) is 29.6 Å². The van der Waals surface area contributed by atoms with Crippen molar-refractivity contribution < 1.29 is 9.59 Å². The van der Waals surface area contributed by atoms with Crippen LogP contribution in [0.25, 0.3) is 11.0 Å². The Labute approximate surface area is 159 Å². The molecule has 0 aliphatic carbocycles. The lowest BCUT2D eigenvalue weighted by Gasteiger charge is -2.49. The molecular formula is C20H25N5O2. The standard InChI is InChI=1S/C20H25N5O2/c1-23-11-8-20(7-6-17(23)26)14-25(13-12-24(20)2)19(27)15-4-3-5-16-18(15)22-10-9-21-16/h3-5,9-10H,6-8,11-14H2,1-2H3. The molecule has 0 saturated carbocycles. The van der Waals surface area contributed by atoms with Crippen LogP contribution in [0.2, 0.25) is 0 Å². The molecule has 2 fully saturated rings. The van der Waals surface area contributed by atoms with Gasteiger partial charge in [0.1, 0.15) is 5.52 Å². The largest absolute Gasteiger partial charge is 0.346 e. The van der Waals surface area contributed by atoms with Crippen molar-refractivity contribution in [2.24, 2.45) is 0 Å². The summed E-state index contributed by atoms with van der Waals surface area (Å²) in [4.78, 5) is 40.2. The molecule has 1 unspecified atom stereocenters. The van der Waals surface area contributed by atoms with Crippen LogP contribution in [0.15, 0.2) is 30.6 Å². The molecule has 7 nitrogen and oxygen atoms in total. The average molecular weight is 367 g/mol. The lowest BCUT2D eigenvalue weighted by molar-refractivity contribution is -0.129. The summed E-state index contributed by atoms with van der Waals surface area (Å²) in [7, 11) is 3.98. The molecule has 4 rings (SSSR count). The molecule has 142 valence electrons. The molecule has 3 heterocycles. The first kappa shape index (κ1) is 17.9. The lowest BCUT2D eigenvalue weighted by Crippen LogP contribution is -2.62. The van der Waals surface area contributed by atoms with Crippen molar-refractivity contribution in [1.29, 1.82) is 0 Å². The minimum Gasteiger partial charge on any atom is -0.346 e. The Morgan fingerprint density at radius 3 is 2.74 bits per heavy atom. The SMILES string of the molecule is CN1CCC2(CCC1=O)CN(C(=O)c1cccc3nccnc13)CCN2C. The zero-order valence-corrected chi connectivity index (χ0v) is 15.9. The van der Waals surface area contributed by atoms with Gasteiger partial charge in [0.25, 0.3) is 5.91 Å². The summed E-state index contributed by atoms with van der Waals surface area (Å²) in [5, 5.41) is 0. The summed E-state index contributed by atoms with van der Waals surface area (Å²) >= 11 is 0. The van der Waals surface area contributed by atoms with Gasteiger partial charge >= 0.3 is 0 Å². The van der Waals surface area contributed by atoms with Gasteiger partial charge in [0.2, 0.25) is 5.91 Å². The predicted molar refractivity (Wildman–Crippen MR) is 102 cm³/mol. The molecule has 1 spiro atoms. The first-order valence-corrected chi connectivity index (χ1v) is 9.44. The van der Waals surface area contributed by atoms with Crippen LogP contribution in [0.5, 0.6) is 0 Å². The van der Waals surface area contributed by atoms with Gasteiger partial charge < -0.3 is 9.80 Å². The Bertz CT molecular complexity index is 880. The Kier molecular flexibility index (Phi) is 4.55. The molecule has 0 N–H and O–H groups in total. The topological polar surface area (TPSA) is 69.6 Å². The molecule has 27 heavy (non-hydrogen) atoms. The second-order valence-electron chi connectivity index (χ2n) is 7.67. The number of rotatable bonds is 1. The molecule has 2 aliphatic heterocycles. The highest BCUT2D eigenvalue weighted by atomic mass is 16.2. The number of hydrogen-bond acceptors (Lipinski definition) is 5. The monoisotopic (exact) mass is 367 g/mol. The van der Waals surface area contributed by atoms with Crippen molar-refractivity contribution in [2.75, 3.05) is 40.3 Å². The summed E-state index contributed by atoms with van der Waals surface area (Å²) in [6.45, 7) is 2.85. The van der Waals surface area contributed by atoms with Crippen LogP contribution in [-0.2, 0) is 4.79 Å². The molecule has 1 aromatic heterocycles. The van der Waals surface area contributed by atoms with E-state index in [1.54, 1.807) is 12.4 Å². The molecule has 2 aromatic rings. The third-order valence-corrected chi connectivity index (χ3v) is 6.16. The molecular weight excluding hydrogens is 342 g/mol. The van der Waals surface area contributed by atoms with Crippen molar-refractivity contribution in [3.8, 4) is 0 Å². The fraction of sp³-hybridized carbons (Fsp3) is 0.500. The summed E-state index contributed by atoms with van der Waals surface area (Å²) < 4.78 is 0. The number of nitrogens with zero attached hydrogens (tertiary/aromatic N) is 5. The van der Waals surface area contributed by atoms with E-state index in [1.807, 2.05) is 35.0 Å². The minimum atomic E-state index is -0.148.